The van der Waals surface area contributed by atoms with E-state index in [1.807, 2.05) is 25.1 Å². The second-order valence-electron chi connectivity index (χ2n) is 4.10. The number of nitrogen functional groups attached to an aromatic ring is 1. The van der Waals surface area contributed by atoms with Gasteiger partial charge < -0.3 is 10.5 Å². The normalized spacial score (nSPS) is 10.2. The average Bonchev–Trinajstić information content (AvgIpc) is 2.37. The summed E-state index contributed by atoms with van der Waals surface area (Å²) in [6.07, 6.45) is 1.63. The van der Waals surface area contributed by atoms with E-state index >= 15 is 0 Å². The van der Waals surface area contributed by atoms with Gasteiger partial charge in [0.05, 0.1) is 5.56 Å². The first-order chi connectivity index (χ1) is 9.09. The molecule has 2 rings (SSSR count). The number of hydrogen-bond donors (Lipinski definition) is 2. The lowest BCUT2D eigenvalue weighted by atomic mass is 10.1. The van der Waals surface area contributed by atoms with Gasteiger partial charge in [0.1, 0.15) is 12.4 Å². The van der Waals surface area contributed by atoms with Crippen LogP contribution >= 0.6 is 11.6 Å². The molecule has 4 nitrogen and oxygen atoms in total. The van der Waals surface area contributed by atoms with E-state index in [0.29, 0.717) is 16.5 Å². The highest BCUT2D eigenvalue weighted by atomic mass is 35.5. The minimum Gasteiger partial charge on any atom is -0.472 e. The molecule has 0 atom stereocenters. The average molecular weight is 276 g/mol. The summed E-state index contributed by atoms with van der Waals surface area (Å²) in [7, 11) is 0. The van der Waals surface area contributed by atoms with E-state index in [1.54, 1.807) is 18.3 Å². The number of nitrogens with zero attached hydrogens (tertiary/aromatic N) is 1. The number of aromatic nitrogens is 1. The first kappa shape index (κ1) is 13.4. The molecule has 0 spiro atoms. The molecule has 0 unspecified atom stereocenters. The van der Waals surface area contributed by atoms with Crippen LogP contribution < -0.4 is 10.5 Å². The van der Waals surface area contributed by atoms with Gasteiger partial charge in [0.25, 0.3) is 0 Å². The predicted octanol–water partition coefficient (Wildman–Crippen LogP) is 2.91. The van der Waals surface area contributed by atoms with Crippen LogP contribution in [0.1, 0.15) is 16.7 Å². The molecule has 2 aromatic rings. The fourth-order valence-corrected chi connectivity index (χ4v) is 1.92. The molecular formula is C14H14ClN3O. The second-order valence-corrected chi connectivity index (χ2v) is 4.51. The van der Waals surface area contributed by atoms with Gasteiger partial charge in [0.2, 0.25) is 5.88 Å². The number of hydrogen-bond acceptors (Lipinski definition) is 3. The van der Waals surface area contributed by atoms with Crippen LogP contribution in [0.3, 0.4) is 0 Å². The molecule has 0 saturated heterocycles. The van der Waals surface area contributed by atoms with Crippen LogP contribution in [0.4, 0.5) is 0 Å². The fourth-order valence-electron chi connectivity index (χ4n) is 1.73. The van der Waals surface area contributed by atoms with Gasteiger partial charge in [0, 0.05) is 16.8 Å². The second kappa shape index (κ2) is 5.71. The van der Waals surface area contributed by atoms with Crippen molar-refractivity contribution in [2.75, 3.05) is 0 Å². The first-order valence-electron chi connectivity index (χ1n) is 5.76. The Balaban J connectivity index is 2.23. The molecule has 0 saturated carbocycles. The third kappa shape index (κ3) is 3.03. The minimum atomic E-state index is -0.0558. The van der Waals surface area contributed by atoms with E-state index < -0.39 is 0 Å². The molecule has 0 radical (unpaired) electrons. The molecule has 5 heteroatoms. The van der Waals surface area contributed by atoms with Crippen LogP contribution in [0.2, 0.25) is 5.02 Å². The van der Waals surface area contributed by atoms with Crippen LogP contribution in [0, 0.1) is 12.3 Å². The summed E-state index contributed by atoms with van der Waals surface area (Å²) in [4.78, 5) is 4.12. The predicted molar refractivity (Wildman–Crippen MR) is 75.8 cm³/mol. The molecule has 19 heavy (non-hydrogen) atoms. The van der Waals surface area contributed by atoms with Gasteiger partial charge in [-0.1, -0.05) is 29.8 Å². The summed E-state index contributed by atoms with van der Waals surface area (Å²) < 4.78 is 5.63. The van der Waals surface area contributed by atoms with E-state index in [4.69, 9.17) is 27.5 Å². The molecule has 0 bridgehead atoms. The Bertz CT molecular complexity index is 613. The number of ether oxygens (including phenoxy) is 1. The van der Waals surface area contributed by atoms with E-state index in [9.17, 15) is 0 Å². The summed E-state index contributed by atoms with van der Waals surface area (Å²) in [5, 5.41) is 8.21. The topological polar surface area (TPSA) is 72.0 Å². The number of nitrogens with one attached hydrogen (secondary N) is 1. The number of nitrogens with two attached hydrogens (primary N) is 1. The van der Waals surface area contributed by atoms with Gasteiger partial charge in [-0.05, 0) is 24.6 Å². The highest BCUT2D eigenvalue weighted by molar-refractivity contribution is 6.31. The summed E-state index contributed by atoms with van der Waals surface area (Å²) in [5.74, 6) is 0.298. The lowest BCUT2D eigenvalue weighted by Crippen LogP contribution is -2.15. The Kier molecular flexibility index (Phi) is 4.02. The molecule has 0 aliphatic heterocycles. The standard InChI is InChI=1S/C14H14ClN3O/c1-9-6-7-18-14(12(9)13(16)17)19-8-10-4-2-3-5-11(10)15/h2-7H,8H2,1H3,(H3,16,17). The van der Waals surface area contributed by atoms with Crippen LogP contribution in [-0.4, -0.2) is 10.8 Å². The maximum Gasteiger partial charge on any atom is 0.225 e. The van der Waals surface area contributed by atoms with Crippen molar-refractivity contribution < 1.29 is 4.74 Å². The van der Waals surface area contributed by atoms with Crippen molar-refractivity contribution >= 4 is 17.4 Å². The molecule has 0 amide bonds. The zero-order chi connectivity index (χ0) is 13.8. The van der Waals surface area contributed by atoms with Crippen molar-refractivity contribution in [3.8, 4) is 5.88 Å². The summed E-state index contributed by atoms with van der Waals surface area (Å²) in [6, 6.07) is 9.22. The number of amidine groups is 1. The van der Waals surface area contributed by atoms with Crippen molar-refractivity contribution in [1.29, 1.82) is 5.41 Å². The third-order valence-corrected chi connectivity index (χ3v) is 3.08. The third-order valence-electron chi connectivity index (χ3n) is 2.72. The van der Waals surface area contributed by atoms with Crippen molar-refractivity contribution in [1.82, 2.24) is 4.98 Å². The molecule has 1 aromatic heterocycles. The number of rotatable bonds is 4. The van der Waals surface area contributed by atoms with Gasteiger partial charge in [-0.2, -0.15) is 0 Å². The van der Waals surface area contributed by atoms with Gasteiger partial charge in [-0.3, -0.25) is 5.41 Å². The Morgan fingerprint density at radius 1 is 1.37 bits per heavy atom. The first-order valence-corrected chi connectivity index (χ1v) is 6.13. The van der Waals surface area contributed by atoms with Crippen LogP contribution in [0.15, 0.2) is 36.5 Å². The molecular weight excluding hydrogens is 262 g/mol. The number of pyridine rings is 1. The smallest absolute Gasteiger partial charge is 0.225 e. The SMILES string of the molecule is Cc1ccnc(OCc2ccccc2Cl)c1C(=N)N. The number of benzene rings is 1. The lowest BCUT2D eigenvalue weighted by Gasteiger charge is -2.12. The van der Waals surface area contributed by atoms with Gasteiger partial charge in [0.15, 0.2) is 0 Å². The highest BCUT2D eigenvalue weighted by Crippen LogP contribution is 2.21. The van der Waals surface area contributed by atoms with E-state index in [2.05, 4.69) is 4.98 Å². The van der Waals surface area contributed by atoms with Gasteiger partial charge in [-0.15, -0.1) is 0 Å². The van der Waals surface area contributed by atoms with Crippen molar-refractivity contribution in [3.63, 3.8) is 0 Å². The zero-order valence-electron chi connectivity index (χ0n) is 10.5. The van der Waals surface area contributed by atoms with Crippen LogP contribution in [-0.2, 0) is 6.61 Å². The van der Waals surface area contributed by atoms with E-state index in [0.717, 1.165) is 11.1 Å². The molecule has 0 aliphatic rings. The molecule has 1 heterocycles. The monoisotopic (exact) mass is 275 g/mol. The van der Waals surface area contributed by atoms with Crippen molar-refractivity contribution in [2.45, 2.75) is 13.5 Å². The number of halogens is 1. The van der Waals surface area contributed by atoms with E-state index in [-0.39, 0.29) is 12.4 Å². The summed E-state index contributed by atoms with van der Waals surface area (Å²) in [5.41, 5.74) is 7.80. The number of aryl methyl sites for hydroxylation is 1. The van der Waals surface area contributed by atoms with Crippen molar-refractivity contribution in [3.05, 3.63) is 58.2 Å². The maximum atomic E-state index is 7.57. The molecule has 0 aliphatic carbocycles. The lowest BCUT2D eigenvalue weighted by molar-refractivity contribution is 0.293. The van der Waals surface area contributed by atoms with Crippen molar-refractivity contribution in [2.24, 2.45) is 5.73 Å². The Morgan fingerprint density at radius 2 is 2.11 bits per heavy atom. The van der Waals surface area contributed by atoms with Crippen LogP contribution in [0.25, 0.3) is 0 Å². The Morgan fingerprint density at radius 3 is 2.79 bits per heavy atom. The Hall–Kier alpha value is -2.07. The summed E-state index contributed by atoms with van der Waals surface area (Å²) >= 11 is 6.06. The zero-order valence-corrected chi connectivity index (χ0v) is 11.2. The highest BCUT2D eigenvalue weighted by Gasteiger charge is 2.12. The molecule has 1 aromatic carbocycles. The van der Waals surface area contributed by atoms with Gasteiger partial charge >= 0.3 is 0 Å². The quantitative estimate of drug-likeness (QED) is 0.666. The molecule has 0 fully saturated rings. The molecule has 3 N–H and O–H groups in total. The van der Waals surface area contributed by atoms with E-state index in [1.165, 1.54) is 0 Å². The molecule has 98 valence electrons. The fraction of sp³-hybridized carbons (Fsp3) is 0.143. The van der Waals surface area contributed by atoms with Crippen LogP contribution in [0.5, 0.6) is 5.88 Å². The Labute approximate surface area is 116 Å². The van der Waals surface area contributed by atoms with Gasteiger partial charge in [-0.25, -0.2) is 4.98 Å². The minimum absolute atomic E-state index is 0.0558. The summed E-state index contributed by atoms with van der Waals surface area (Å²) in [6.45, 7) is 2.15. The maximum absolute atomic E-state index is 7.57. The largest absolute Gasteiger partial charge is 0.472 e.